The van der Waals surface area contributed by atoms with Crippen LogP contribution in [0.1, 0.15) is 10.4 Å². The average Bonchev–Trinajstić information content (AvgIpc) is 2.75. The van der Waals surface area contributed by atoms with Crippen LogP contribution >= 0.6 is 11.6 Å². The van der Waals surface area contributed by atoms with E-state index >= 15 is 0 Å². The number of methoxy groups -OCH3 is 1. The Morgan fingerprint density at radius 2 is 1.79 bits per heavy atom. The summed E-state index contributed by atoms with van der Waals surface area (Å²) in [4.78, 5) is 12.4. The van der Waals surface area contributed by atoms with Gasteiger partial charge >= 0.3 is 0 Å². The maximum Gasteiger partial charge on any atom is 0.264 e. The third kappa shape index (κ3) is 4.64. The highest BCUT2D eigenvalue weighted by Gasteiger charge is 2.22. The lowest BCUT2D eigenvalue weighted by Crippen LogP contribution is -2.26. The van der Waals surface area contributed by atoms with E-state index in [-0.39, 0.29) is 21.4 Å². The Balaban J connectivity index is 1.84. The van der Waals surface area contributed by atoms with Crippen molar-refractivity contribution in [3.05, 3.63) is 71.4 Å². The second kappa shape index (κ2) is 8.46. The SMILES string of the molecule is COc1ccc(N(C)S(=O)(=O)c2cccc(C(=O)Nc3ccc(Cl)nn3)c2)cc1. The van der Waals surface area contributed by atoms with Crippen molar-refractivity contribution < 1.29 is 17.9 Å². The molecule has 3 aromatic rings. The van der Waals surface area contributed by atoms with Gasteiger partial charge < -0.3 is 10.1 Å². The third-order valence-electron chi connectivity index (χ3n) is 4.06. The second-order valence-electron chi connectivity index (χ2n) is 5.89. The fourth-order valence-electron chi connectivity index (χ4n) is 2.46. The molecule has 0 saturated carbocycles. The molecule has 8 nitrogen and oxygen atoms in total. The molecule has 0 aliphatic rings. The number of carbonyl (C=O) groups is 1. The van der Waals surface area contributed by atoms with Crippen LogP contribution in [0.3, 0.4) is 0 Å². The summed E-state index contributed by atoms with van der Waals surface area (Å²) in [6, 6.07) is 15.3. The number of hydrogen-bond acceptors (Lipinski definition) is 6. The summed E-state index contributed by atoms with van der Waals surface area (Å²) in [5.74, 6) is 0.289. The van der Waals surface area contributed by atoms with E-state index in [1.54, 1.807) is 24.3 Å². The van der Waals surface area contributed by atoms with Gasteiger partial charge in [-0.25, -0.2) is 8.42 Å². The quantitative estimate of drug-likeness (QED) is 0.641. The number of carbonyl (C=O) groups excluding carboxylic acids is 1. The number of aromatic nitrogens is 2. The molecule has 0 unspecified atom stereocenters. The maximum atomic E-state index is 13.0. The van der Waals surface area contributed by atoms with E-state index in [2.05, 4.69) is 15.5 Å². The van der Waals surface area contributed by atoms with Gasteiger partial charge in [0.2, 0.25) is 0 Å². The highest BCUT2D eigenvalue weighted by Crippen LogP contribution is 2.25. The van der Waals surface area contributed by atoms with E-state index in [0.717, 1.165) is 4.31 Å². The normalized spacial score (nSPS) is 11.0. The van der Waals surface area contributed by atoms with Gasteiger partial charge in [0.25, 0.3) is 15.9 Å². The van der Waals surface area contributed by atoms with Crippen LogP contribution < -0.4 is 14.4 Å². The van der Waals surface area contributed by atoms with Gasteiger partial charge in [0.05, 0.1) is 17.7 Å². The van der Waals surface area contributed by atoms with Gasteiger partial charge in [-0.3, -0.25) is 9.10 Å². The number of amides is 1. The van der Waals surface area contributed by atoms with Gasteiger partial charge in [0.1, 0.15) is 5.75 Å². The minimum Gasteiger partial charge on any atom is -0.497 e. The Bertz CT molecular complexity index is 1120. The van der Waals surface area contributed by atoms with E-state index in [1.807, 2.05) is 0 Å². The van der Waals surface area contributed by atoms with Gasteiger partial charge in [0.15, 0.2) is 11.0 Å². The summed E-state index contributed by atoms with van der Waals surface area (Å²) in [5, 5.41) is 10.1. The van der Waals surface area contributed by atoms with Crippen LogP contribution in [0.2, 0.25) is 5.15 Å². The van der Waals surface area contributed by atoms with Gasteiger partial charge in [-0.2, -0.15) is 0 Å². The van der Waals surface area contributed by atoms with Gasteiger partial charge in [-0.15, -0.1) is 10.2 Å². The molecule has 2 aromatic carbocycles. The first-order valence-electron chi connectivity index (χ1n) is 8.35. The zero-order valence-electron chi connectivity index (χ0n) is 15.5. The van der Waals surface area contributed by atoms with Crippen molar-refractivity contribution in [1.82, 2.24) is 10.2 Å². The lowest BCUT2D eigenvalue weighted by molar-refractivity contribution is 0.102. The number of nitrogens with one attached hydrogen (secondary N) is 1. The summed E-state index contributed by atoms with van der Waals surface area (Å²) >= 11 is 5.67. The zero-order chi connectivity index (χ0) is 21.0. The molecule has 1 N–H and O–H groups in total. The van der Waals surface area contributed by atoms with E-state index in [0.29, 0.717) is 11.4 Å². The molecule has 0 aliphatic heterocycles. The van der Waals surface area contributed by atoms with Crippen molar-refractivity contribution in [2.45, 2.75) is 4.90 Å². The van der Waals surface area contributed by atoms with E-state index in [1.165, 1.54) is 50.6 Å². The molecule has 150 valence electrons. The third-order valence-corrected chi connectivity index (χ3v) is 6.05. The van der Waals surface area contributed by atoms with Gasteiger partial charge in [-0.1, -0.05) is 17.7 Å². The van der Waals surface area contributed by atoms with E-state index < -0.39 is 15.9 Å². The first-order chi connectivity index (χ1) is 13.8. The maximum absolute atomic E-state index is 13.0. The molecule has 0 spiro atoms. The topological polar surface area (TPSA) is 101 Å². The predicted molar refractivity (Wildman–Crippen MR) is 110 cm³/mol. The fraction of sp³-hybridized carbons (Fsp3) is 0.105. The highest BCUT2D eigenvalue weighted by molar-refractivity contribution is 7.92. The van der Waals surface area contributed by atoms with Crippen LogP contribution in [0.15, 0.2) is 65.6 Å². The molecule has 0 atom stereocenters. The molecular weight excluding hydrogens is 416 g/mol. The number of ether oxygens (including phenoxy) is 1. The molecule has 0 saturated heterocycles. The lowest BCUT2D eigenvalue weighted by Gasteiger charge is -2.20. The van der Waals surface area contributed by atoms with Crippen molar-refractivity contribution in [1.29, 1.82) is 0 Å². The molecule has 1 aromatic heterocycles. The molecule has 29 heavy (non-hydrogen) atoms. The van der Waals surface area contributed by atoms with Crippen molar-refractivity contribution >= 4 is 39.0 Å². The number of sulfonamides is 1. The van der Waals surface area contributed by atoms with Crippen LogP contribution in [0, 0.1) is 0 Å². The van der Waals surface area contributed by atoms with Crippen molar-refractivity contribution in [2.24, 2.45) is 0 Å². The molecule has 3 rings (SSSR count). The summed E-state index contributed by atoms with van der Waals surface area (Å²) in [5.41, 5.74) is 0.614. The van der Waals surface area contributed by atoms with Crippen LogP contribution in [0.25, 0.3) is 0 Å². The average molecular weight is 433 g/mol. The van der Waals surface area contributed by atoms with Crippen molar-refractivity contribution in [2.75, 3.05) is 23.8 Å². The predicted octanol–water partition coefficient (Wildman–Crippen LogP) is 3.22. The molecule has 0 fully saturated rings. The summed E-state index contributed by atoms with van der Waals surface area (Å²) in [6.45, 7) is 0. The largest absolute Gasteiger partial charge is 0.497 e. The molecule has 0 radical (unpaired) electrons. The number of rotatable bonds is 6. The fourth-order valence-corrected chi connectivity index (χ4v) is 3.80. The molecule has 0 bridgehead atoms. The summed E-state index contributed by atoms with van der Waals surface area (Å²) in [6.07, 6.45) is 0. The number of benzene rings is 2. The van der Waals surface area contributed by atoms with Crippen LogP contribution in [-0.4, -0.2) is 38.7 Å². The second-order valence-corrected chi connectivity index (χ2v) is 8.25. The Morgan fingerprint density at radius 3 is 2.41 bits per heavy atom. The molecular formula is C19H17ClN4O4S. The Labute approximate surface area is 173 Å². The smallest absolute Gasteiger partial charge is 0.264 e. The molecule has 0 aliphatic carbocycles. The lowest BCUT2D eigenvalue weighted by atomic mass is 10.2. The molecule has 10 heteroatoms. The summed E-state index contributed by atoms with van der Waals surface area (Å²) in [7, 11) is -0.912. The minimum atomic E-state index is -3.88. The highest BCUT2D eigenvalue weighted by atomic mass is 35.5. The molecule has 1 heterocycles. The standard InChI is InChI=1S/C19H17ClN4O4S/c1-24(14-6-8-15(28-2)9-7-14)29(26,27)16-5-3-4-13(12-16)19(25)21-18-11-10-17(20)22-23-18/h3-12H,1-2H3,(H,21,23,25). The van der Waals surface area contributed by atoms with Crippen molar-refractivity contribution in [3.63, 3.8) is 0 Å². The zero-order valence-corrected chi connectivity index (χ0v) is 17.1. The van der Waals surface area contributed by atoms with Crippen molar-refractivity contribution in [3.8, 4) is 5.75 Å². The summed E-state index contributed by atoms with van der Waals surface area (Å²) < 4.78 is 32.2. The van der Waals surface area contributed by atoms with Crippen LogP contribution in [-0.2, 0) is 10.0 Å². The van der Waals surface area contributed by atoms with E-state index in [4.69, 9.17) is 16.3 Å². The van der Waals surface area contributed by atoms with E-state index in [9.17, 15) is 13.2 Å². The Morgan fingerprint density at radius 1 is 1.07 bits per heavy atom. The monoisotopic (exact) mass is 432 g/mol. The van der Waals surface area contributed by atoms with Crippen LogP contribution in [0.5, 0.6) is 5.75 Å². The Kier molecular flexibility index (Phi) is 6.00. The number of halogens is 1. The Hall–Kier alpha value is -3.17. The number of hydrogen-bond donors (Lipinski definition) is 1. The molecule has 1 amide bonds. The first kappa shape index (κ1) is 20.6. The van der Waals surface area contributed by atoms with Gasteiger partial charge in [-0.05, 0) is 54.6 Å². The number of anilines is 2. The first-order valence-corrected chi connectivity index (χ1v) is 10.2. The minimum absolute atomic E-state index is 0.0225. The van der Waals surface area contributed by atoms with Crippen LogP contribution in [0.4, 0.5) is 11.5 Å². The number of nitrogens with zero attached hydrogens (tertiary/aromatic N) is 3. The van der Waals surface area contributed by atoms with Gasteiger partial charge in [0, 0.05) is 12.6 Å².